The standard InChI is InChI=1S/C15H18BrF3O/c1-3-5-6-10(4-2)14(20)12-8-7-11(16)9-13(12)15(17,18)19/h7-10H,3-6H2,1-2H3. The first-order valence-corrected chi connectivity index (χ1v) is 7.51. The van der Waals surface area contributed by atoms with Gasteiger partial charge >= 0.3 is 6.18 Å². The fourth-order valence-corrected chi connectivity index (χ4v) is 2.52. The van der Waals surface area contributed by atoms with Crippen LogP contribution in [-0.4, -0.2) is 5.78 Å². The van der Waals surface area contributed by atoms with Gasteiger partial charge in [0.1, 0.15) is 0 Å². The quantitative estimate of drug-likeness (QED) is 0.586. The minimum Gasteiger partial charge on any atom is -0.294 e. The van der Waals surface area contributed by atoms with Crippen molar-refractivity contribution in [2.75, 3.05) is 0 Å². The molecule has 0 saturated carbocycles. The molecule has 1 nitrogen and oxygen atoms in total. The summed E-state index contributed by atoms with van der Waals surface area (Å²) in [4.78, 5) is 12.3. The summed E-state index contributed by atoms with van der Waals surface area (Å²) in [7, 11) is 0. The summed E-state index contributed by atoms with van der Waals surface area (Å²) in [5.74, 6) is -0.738. The van der Waals surface area contributed by atoms with Gasteiger partial charge < -0.3 is 0 Å². The van der Waals surface area contributed by atoms with E-state index < -0.39 is 17.5 Å². The summed E-state index contributed by atoms with van der Waals surface area (Å²) < 4.78 is 39.4. The third kappa shape index (κ3) is 4.33. The first-order chi connectivity index (χ1) is 9.31. The Balaban J connectivity index is 3.14. The van der Waals surface area contributed by atoms with Gasteiger partial charge in [-0.25, -0.2) is 0 Å². The van der Waals surface area contributed by atoms with Crippen molar-refractivity contribution in [2.45, 2.75) is 45.7 Å². The predicted molar refractivity (Wildman–Crippen MR) is 76.8 cm³/mol. The van der Waals surface area contributed by atoms with E-state index in [0.29, 0.717) is 17.3 Å². The maximum atomic E-state index is 13.0. The van der Waals surface area contributed by atoms with Gasteiger partial charge in [-0.2, -0.15) is 13.2 Å². The van der Waals surface area contributed by atoms with Crippen LogP contribution in [0, 0.1) is 5.92 Å². The van der Waals surface area contributed by atoms with Crippen LogP contribution in [0.25, 0.3) is 0 Å². The fraction of sp³-hybridized carbons (Fsp3) is 0.533. The predicted octanol–water partition coefficient (Wildman–Crippen LogP) is 5.87. The number of Topliss-reactive ketones (excluding diaryl/α,β-unsaturated/α-hetero) is 1. The molecule has 1 atom stereocenters. The third-order valence-electron chi connectivity index (χ3n) is 3.32. The Kier molecular flexibility index (Phi) is 6.24. The summed E-state index contributed by atoms with van der Waals surface area (Å²) >= 11 is 3.02. The Bertz CT molecular complexity index is 469. The van der Waals surface area contributed by atoms with Crippen molar-refractivity contribution in [2.24, 2.45) is 5.92 Å². The van der Waals surface area contributed by atoms with Gasteiger partial charge in [-0.05, 0) is 31.0 Å². The van der Waals surface area contributed by atoms with Gasteiger partial charge in [-0.1, -0.05) is 42.6 Å². The van der Waals surface area contributed by atoms with Gasteiger partial charge in [0.25, 0.3) is 0 Å². The molecule has 0 bridgehead atoms. The van der Waals surface area contributed by atoms with Gasteiger partial charge in [0.05, 0.1) is 5.56 Å². The van der Waals surface area contributed by atoms with E-state index >= 15 is 0 Å². The molecule has 0 amide bonds. The highest BCUT2D eigenvalue weighted by atomic mass is 79.9. The number of hydrogen-bond acceptors (Lipinski definition) is 1. The second-order valence-electron chi connectivity index (χ2n) is 4.80. The van der Waals surface area contributed by atoms with E-state index in [0.717, 1.165) is 18.9 Å². The van der Waals surface area contributed by atoms with E-state index in [2.05, 4.69) is 15.9 Å². The van der Waals surface area contributed by atoms with E-state index in [1.54, 1.807) is 0 Å². The van der Waals surface area contributed by atoms with Crippen molar-refractivity contribution in [1.29, 1.82) is 0 Å². The third-order valence-corrected chi connectivity index (χ3v) is 3.82. The summed E-state index contributed by atoms with van der Waals surface area (Å²) in [5, 5.41) is 0. The molecule has 0 spiro atoms. The molecule has 1 aromatic rings. The molecule has 0 heterocycles. The molecule has 1 aromatic carbocycles. The van der Waals surface area contributed by atoms with Crippen LogP contribution < -0.4 is 0 Å². The first kappa shape index (κ1) is 17.2. The number of carbonyl (C=O) groups excluding carboxylic acids is 1. The largest absolute Gasteiger partial charge is 0.417 e. The van der Waals surface area contributed by atoms with Crippen molar-refractivity contribution in [3.63, 3.8) is 0 Å². The minimum atomic E-state index is -4.52. The minimum absolute atomic E-state index is 0.219. The lowest BCUT2D eigenvalue weighted by Crippen LogP contribution is -2.19. The summed E-state index contributed by atoms with van der Waals surface area (Å²) in [6.07, 6.45) is -1.54. The fourth-order valence-electron chi connectivity index (χ4n) is 2.16. The maximum Gasteiger partial charge on any atom is 0.417 e. The van der Waals surface area contributed by atoms with Gasteiger partial charge in [-0.3, -0.25) is 4.79 Å². The summed E-state index contributed by atoms with van der Waals surface area (Å²) in [6, 6.07) is 3.72. The van der Waals surface area contributed by atoms with Crippen LogP contribution in [0.15, 0.2) is 22.7 Å². The molecular formula is C15H18BrF3O. The van der Waals surface area contributed by atoms with Crippen molar-refractivity contribution in [3.05, 3.63) is 33.8 Å². The van der Waals surface area contributed by atoms with Crippen molar-refractivity contribution in [3.8, 4) is 0 Å². The summed E-state index contributed by atoms with van der Waals surface area (Å²) in [6.45, 7) is 3.84. The topological polar surface area (TPSA) is 17.1 Å². The van der Waals surface area contributed by atoms with E-state index in [1.165, 1.54) is 12.1 Å². The van der Waals surface area contributed by atoms with Crippen molar-refractivity contribution >= 4 is 21.7 Å². The number of halogens is 4. The lowest BCUT2D eigenvalue weighted by atomic mass is 9.88. The van der Waals surface area contributed by atoms with Crippen molar-refractivity contribution < 1.29 is 18.0 Å². The number of rotatable bonds is 6. The smallest absolute Gasteiger partial charge is 0.294 e. The maximum absolute atomic E-state index is 13.0. The van der Waals surface area contributed by atoms with Gasteiger partial charge in [0.2, 0.25) is 0 Å². The second kappa shape index (κ2) is 7.25. The average Bonchev–Trinajstić information content (AvgIpc) is 2.38. The first-order valence-electron chi connectivity index (χ1n) is 6.72. The van der Waals surface area contributed by atoms with E-state index in [1.807, 2.05) is 13.8 Å². The zero-order chi connectivity index (χ0) is 15.3. The molecule has 0 aliphatic heterocycles. The average molecular weight is 351 g/mol. The normalized spacial score (nSPS) is 13.3. The van der Waals surface area contributed by atoms with Crippen LogP contribution >= 0.6 is 15.9 Å². The Morgan fingerprint density at radius 2 is 1.95 bits per heavy atom. The number of benzene rings is 1. The molecular weight excluding hydrogens is 333 g/mol. The molecule has 112 valence electrons. The van der Waals surface area contributed by atoms with Crippen LogP contribution in [-0.2, 0) is 6.18 Å². The summed E-state index contributed by atoms with van der Waals surface area (Å²) in [5.41, 5.74) is -1.07. The highest BCUT2D eigenvalue weighted by Crippen LogP contribution is 2.35. The van der Waals surface area contributed by atoms with Crippen LogP contribution in [0.2, 0.25) is 0 Å². The van der Waals surface area contributed by atoms with E-state index in [-0.39, 0.29) is 11.5 Å². The van der Waals surface area contributed by atoms with Gasteiger partial charge in [-0.15, -0.1) is 0 Å². The number of unbranched alkanes of at least 4 members (excludes halogenated alkanes) is 1. The molecule has 0 N–H and O–H groups in total. The number of alkyl halides is 3. The second-order valence-corrected chi connectivity index (χ2v) is 5.71. The Labute approximate surface area is 125 Å². The zero-order valence-corrected chi connectivity index (χ0v) is 13.1. The molecule has 20 heavy (non-hydrogen) atoms. The molecule has 1 unspecified atom stereocenters. The number of carbonyl (C=O) groups is 1. The molecule has 5 heteroatoms. The van der Waals surface area contributed by atoms with Crippen LogP contribution in [0.3, 0.4) is 0 Å². The molecule has 0 aliphatic rings. The zero-order valence-electron chi connectivity index (χ0n) is 11.6. The van der Waals surface area contributed by atoms with Crippen LogP contribution in [0.5, 0.6) is 0 Å². The molecule has 0 saturated heterocycles. The van der Waals surface area contributed by atoms with Gasteiger partial charge in [0, 0.05) is 16.0 Å². The highest BCUT2D eigenvalue weighted by Gasteiger charge is 2.36. The molecule has 0 aromatic heterocycles. The Morgan fingerprint density at radius 3 is 2.45 bits per heavy atom. The molecule has 1 rings (SSSR count). The number of ketones is 1. The lowest BCUT2D eigenvalue weighted by Gasteiger charge is -2.17. The molecule has 0 aliphatic carbocycles. The Morgan fingerprint density at radius 1 is 1.30 bits per heavy atom. The Hall–Kier alpha value is -0.840. The lowest BCUT2D eigenvalue weighted by molar-refractivity contribution is -0.138. The monoisotopic (exact) mass is 350 g/mol. The number of hydrogen-bond donors (Lipinski definition) is 0. The van der Waals surface area contributed by atoms with Gasteiger partial charge in [0.15, 0.2) is 5.78 Å². The van der Waals surface area contributed by atoms with E-state index in [4.69, 9.17) is 0 Å². The van der Waals surface area contributed by atoms with E-state index in [9.17, 15) is 18.0 Å². The van der Waals surface area contributed by atoms with Crippen LogP contribution in [0.4, 0.5) is 13.2 Å². The van der Waals surface area contributed by atoms with Crippen LogP contribution in [0.1, 0.15) is 55.5 Å². The SMILES string of the molecule is CCCCC(CC)C(=O)c1ccc(Br)cc1C(F)(F)F. The van der Waals surface area contributed by atoms with Crippen molar-refractivity contribution in [1.82, 2.24) is 0 Å². The molecule has 0 fully saturated rings. The highest BCUT2D eigenvalue weighted by molar-refractivity contribution is 9.10. The molecule has 0 radical (unpaired) electrons.